The molecule has 0 atom stereocenters. The van der Waals surface area contributed by atoms with Crippen molar-refractivity contribution in [1.82, 2.24) is 4.57 Å². The Morgan fingerprint density at radius 2 is 1.32 bits per heavy atom. The van der Waals surface area contributed by atoms with E-state index < -0.39 is 0 Å². The molecule has 0 spiro atoms. The lowest BCUT2D eigenvalue weighted by atomic mass is 9.92. The first-order valence-corrected chi connectivity index (χ1v) is 21.6. The molecule has 2 aliphatic carbocycles. The molecule has 2 aliphatic rings. The molecule has 1 nitrogen and oxygen atoms in total. The van der Waals surface area contributed by atoms with Crippen molar-refractivity contribution in [3.63, 3.8) is 0 Å². The van der Waals surface area contributed by atoms with Crippen LogP contribution in [-0.2, 0) is 12.8 Å². The van der Waals surface area contributed by atoms with E-state index >= 15 is 0 Å². The lowest BCUT2D eigenvalue weighted by Crippen LogP contribution is -1.97. The monoisotopic (exact) mass is 775 g/mol. The lowest BCUT2D eigenvalue weighted by Gasteiger charge is -2.15. The second-order valence-electron chi connectivity index (χ2n) is 16.6. The minimum Gasteiger partial charge on any atom is -0.309 e. The van der Waals surface area contributed by atoms with Crippen LogP contribution in [0.5, 0.6) is 0 Å². The van der Waals surface area contributed by atoms with E-state index in [2.05, 4.69) is 196 Å². The highest BCUT2D eigenvalue weighted by Gasteiger charge is 2.24. The number of hydrogen-bond acceptors (Lipinski definition) is 0. The second-order valence-corrected chi connectivity index (χ2v) is 16.6. The molecule has 10 rings (SSSR count). The van der Waals surface area contributed by atoms with Gasteiger partial charge in [-0.25, -0.2) is 0 Å². The quantitative estimate of drug-likeness (QED) is 0.136. The first-order chi connectivity index (χ1) is 29.4. The SMILES string of the molecule is C=C/C=C(\C=C/Cc1ccccc1)c1ccc(C)cc1.Cc1ccccc1-c1cc(-c2ccc3c(c2)c2ccccc2n3-c2ccc3c(c2)C2=C(CCCC2)C3)ccc1C. The number of nitrogens with zero attached hydrogens (tertiary/aromatic N) is 1. The summed E-state index contributed by atoms with van der Waals surface area (Å²) in [5, 5.41) is 2.62. The molecule has 0 saturated carbocycles. The molecule has 1 heterocycles. The summed E-state index contributed by atoms with van der Waals surface area (Å²) in [7, 11) is 0. The van der Waals surface area contributed by atoms with Gasteiger partial charge in [-0.2, -0.15) is 0 Å². The fourth-order valence-electron chi connectivity index (χ4n) is 9.31. The van der Waals surface area contributed by atoms with E-state index in [0.717, 1.165) is 12.8 Å². The average molecular weight is 776 g/mol. The van der Waals surface area contributed by atoms with Crippen LogP contribution < -0.4 is 0 Å². The van der Waals surface area contributed by atoms with Gasteiger partial charge in [-0.05, 0) is 162 Å². The van der Waals surface area contributed by atoms with Gasteiger partial charge in [-0.3, -0.25) is 0 Å². The van der Waals surface area contributed by atoms with Gasteiger partial charge in [0.25, 0.3) is 0 Å². The van der Waals surface area contributed by atoms with Gasteiger partial charge in [0.2, 0.25) is 0 Å². The molecule has 0 radical (unpaired) electrons. The van der Waals surface area contributed by atoms with E-state index in [1.54, 1.807) is 11.1 Å². The van der Waals surface area contributed by atoms with Crippen molar-refractivity contribution < 1.29 is 0 Å². The normalized spacial score (nSPS) is 13.7. The maximum atomic E-state index is 3.80. The van der Waals surface area contributed by atoms with Gasteiger partial charge in [-0.15, -0.1) is 0 Å². The van der Waals surface area contributed by atoms with Crippen molar-refractivity contribution in [1.29, 1.82) is 0 Å². The molecule has 0 unspecified atom stereocenters. The largest absolute Gasteiger partial charge is 0.309 e. The van der Waals surface area contributed by atoms with Gasteiger partial charge in [0.1, 0.15) is 0 Å². The first-order valence-electron chi connectivity index (χ1n) is 21.6. The van der Waals surface area contributed by atoms with Gasteiger partial charge in [0.05, 0.1) is 11.0 Å². The van der Waals surface area contributed by atoms with E-state index in [1.807, 2.05) is 18.2 Å². The third kappa shape index (κ3) is 7.88. The first kappa shape index (κ1) is 38.8. The van der Waals surface area contributed by atoms with Crippen molar-refractivity contribution in [3.8, 4) is 27.9 Å². The molecule has 7 aromatic carbocycles. The van der Waals surface area contributed by atoms with Crippen molar-refractivity contribution in [2.75, 3.05) is 0 Å². The predicted molar refractivity (Wildman–Crippen MR) is 259 cm³/mol. The van der Waals surface area contributed by atoms with Crippen LogP contribution >= 0.6 is 0 Å². The highest BCUT2D eigenvalue weighted by atomic mass is 15.0. The molecule has 1 heteroatoms. The molecule has 8 aromatic rings. The van der Waals surface area contributed by atoms with E-state index in [9.17, 15) is 0 Å². The zero-order valence-electron chi connectivity index (χ0n) is 35.2. The lowest BCUT2D eigenvalue weighted by molar-refractivity contribution is 0.711. The van der Waals surface area contributed by atoms with E-state index in [4.69, 9.17) is 0 Å². The number of fused-ring (bicyclic) bond motifs is 5. The Bertz CT molecular complexity index is 2950. The molecule has 1 aromatic heterocycles. The Labute approximate surface area is 356 Å². The van der Waals surface area contributed by atoms with Crippen LogP contribution in [-0.4, -0.2) is 4.57 Å². The summed E-state index contributed by atoms with van der Waals surface area (Å²) in [6.45, 7) is 10.3. The maximum Gasteiger partial charge on any atom is 0.0541 e. The third-order valence-electron chi connectivity index (χ3n) is 12.5. The van der Waals surface area contributed by atoms with Crippen LogP contribution in [0.4, 0.5) is 0 Å². The molecule has 0 saturated heterocycles. The number of rotatable bonds is 8. The Hall–Kier alpha value is -6.70. The fourth-order valence-corrected chi connectivity index (χ4v) is 9.31. The summed E-state index contributed by atoms with van der Waals surface area (Å²) in [5.74, 6) is 0. The van der Waals surface area contributed by atoms with E-state index in [-0.39, 0.29) is 0 Å². The summed E-state index contributed by atoms with van der Waals surface area (Å²) < 4.78 is 2.48. The van der Waals surface area contributed by atoms with Crippen molar-refractivity contribution >= 4 is 33.0 Å². The number of para-hydroxylation sites is 1. The van der Waals surface area contributed by atoms with Crippen LogP contribution in [0.1, 0.15) is 64.6 Å². The predicted octanol–water partition coefficient (Wildman–Crippen LogP) is 16.0. The molecule has 60 heavy (non-hydrogen) atoms. The van der Waals surface area contributed by atoms with Crippen LogP contribution in [0.15, 0.2) is 194 Å². The minimum atomic E-state index is 0.946. The van der Waals surface area contributed by atoms with Crippen molar-refractivity contribution in [2.24, 2.45) is 0 Å². The summed E-state index contributed by atoms with van der Waals surface area (Å²) in [6, 6.07) is 57.8. The molecule has 0 N–H and O–H groups in total. The number of aromatic nitrogens is 1. The molecular formula is C59H53N. The fraction of sp³-hybridized carbons (Fsp3) is 0.153. The molecule has 0 aliphatic heterocycles. The van der Waals surface area contributed by atoms with Gasteiger partial charge in [0.15, 0.2) is 0 Å². The maximum absolute atomic E-state index is 3.80. The number of aryl methyl sites for hydroxylation is 3. The van der Waals surface area contributed by atoms with Gasteiger partial charge in [-0.1, -0.05) is 163 Å². The molecule has 0 amide bonds. The second kappa shape index (κ2) is 17.3. The number of hydrogen-bond donors (Lipinski definition) is 0. The van der Waals surface area contributed by atoms with Gasteiger partial charge < -0.3 is 4.57 Å². The summed E-state index contributed by atoms with van der Waals surface area (Å²) in [5.41, 5.74) is 22.9. The van der Waals surface area contributed by atoms with Crippen LogP contribution in [0, 0.1) is 20.8 Å². The third-order valence-corrected chi connectivity index (χ3v) is 12.5. The van der Waals surface area contributed by atoms with E-state index in [0.29, 0.717) is 0 Å². The topological polar surface area (TPSA) is 4.93 Å². The molecule has 294 valence electrons. The van der Waals surface area contributed by atoms with Crippen molar-refractivity contribution in [2.45, 2.75) is 59.3 Å². The number of allylic oxidation sites excluding steroid dienone is 7. The molecular weight excluding hydrogens is 723 g/mol. The zero-order valence-corrected chi connectivity index (χ0v) is 35.2. The zero-order chi connectivity index (χ0) is 41.0. The summed E-state index contributed by atoms with van der Waals surface area (Å²) in [4.78, 5) is 0. The smallest absolute Gasteiger partial charge is 0.0541 e. The molecule has 0 fully saturated rings. The summed E-state index contributed by atoms with van der Waals surface area (Å²) in [6.07, 6.45) is 15.5. The Morgan fingerprint density at radius 3 is 2.15 bits per heavy atom. The van der Waals surface area contributed by atoms with Crippen molar-refractivity contribution in [3.05, 3.63) is 233 Å². The summed E-state index contributed by atoms with van der Waals surface area (Å²) >= 11 is 0. The standard InChI is InChI=1S/C39H33N.C20H20/c1-25-9-3-5-11-32(25)35-22-27(16-15-26(35)2)28-18-20-39-37(23-28)34-13-7-8-14-38(34)40(39)31-19-17-30-21-29-10-4-6-12-33(29)36(30)24-31;1-3-8-19(20-15-13-17(2)14-16-20)12-7-11-18-9-5-4-6-10-18/h3,5,7-9,11,13-20,22-24H,4,6,10,12,21H2,1-2H3;3-10,12-16H,1,11H2,2H3/b;12-7-,19-8+. The Kier molecular flexibility index (Phi) is 11.2. The number of benzene rings is 7. The van der Waals surface area contributed by atoms with E-state index in [1.165, 1.54) is 120 Å². The molecule has 0 bridgehead atoms. The van der Waals surface area contributed by atoms with Crippen LogP contribution in [0.3, 0.4) is 0 Å². The Morgan fingerprint density at radius 1 is 0.600 bits per heavy atom. The average Bonchev–Trinajstić information content (AvgIpc) is 3.82. The minimum absolute atomic E-state index is 0.946. The van der Waals surface area contributed by atoms with Gasteiger partial charge >= 0.3 is 0 Å². The highest BCUT2D eigenvalue weighted by Crippen LogP contribution is 2.43. The Balaban J connectivity index is 0.000000195. The van der Waals surface area contributed by atoms with Crippen LogP contribution in [0.25, 0.3) is 60.9 Å². The van der Waals surface area contributed by atoms with Gasteiger partial charge in [0, 0.05) is 16.5 Å². The highest BCUT2D eigenvalue weighted by molar-refractivity contribution is 6.10. The van der Waals surface area contributed by atoms with Crippen LogP contribution in [0.2, 0.25) is 0 Å².